The molecule has 1 aliphatic heterocycles. The molecule has 1 atom stereocenters. The van der Waals surface area contributed by atoms with Crippen LogP contribution in [-0.4, -0.2) is 31.5 Å². The fourth-order valence-corrected chi connectivity index (χ4v) is 2.75. The van der Waals surface area contributed by atoms with Crippen LogP contribution in [0.25, 0.3) is 0 Å². The van der Waals surface area contributed by atoms with Crippen molar-refractivity contribution in [1.29, 1.82) is 0 Å². The molecule has 0 spiro atoms. The van der Waals surface area contributed by atoms with Crippen LogP contribution in [0.5, 0.6) is 5.75 Å². The van der Waals surface area contributed by atoms with Crippen LogP contribution in [0.3, 0.4) is 0 Å². The van der Waals surface area contributed by atoms with E-state index in [2.05, 4.69) is 5.32 Å². The number of hydrogen-bond donors (Lipinski definition) is 1. The number of ether oxygens (including phenoxy) is 1. The van der Waals surface area contributed by atoms with Crippen molar-refractivity contribution >= 4 is 17.5 Å². The van der Waals surface area contributed by atoms with Crippen LogP contribution in [0.4, 0.5) is 5.69 Å². The van der Waals surface area contributed by atoms with Gasteiger partial charge in [0.2, 0.25) is 5.91 Å². The molecule has 0 aliphatic carbocycles. The van der Waals surface area contributed by atoms with Crippen LogP contribution in [0, 0.1) is 0 Å². The van der Waals surface area contributed by atoms with Gasteiger partial charge in [-0.05, 0) is 30.7 Å². The molecule has 23 heavy (non-hydrogen) atoms. The number of para-hydroxylation sites is 2. The van der Waals surface area contributed by atoms with Gasteiger partial charge in [-0.3, -0.25) is 9.59 Å². The van der Waals surface area contributed by atoms with Gasteiger partial charge in [0.1, 0.15) is 11.8 Å². The van der Waals surface area contributed by atoms with E-state index in [1.54, 1.807) is 29.2 Å². The van der Waals surface area contributed by atoms with Gasteiger partial charge in [-0.15, -0.1) is 0 Å². The zero-order valence-corrected chi connectivity index (χ0v) is 12.9. The molecule has 1 aliphatic rings. The van der Waals surface area contributed by atoms with Gasteiger partial charge in [-0.2, -0.15) is 0 Å². The van der Waals surface area contributed by atoms with E-state index in [1.165, 1.54) is 7.11 Å². The average Bonchev–Trinajstić information content (AvgIpc) is 2.96. The number of carbonyl (C=O) groups excluding carboxylic acids is 2. The van der Waals surface area contributed by atoms with Crippen LogP contribution >= 0.6 is 0 Å². The fourth-order valence-electron chi connectivity index (χ4n) is 2.75. The van der Waals surface area contributed by atoms with Crippen LogP contribution in [0.1, 0.15) is 16.8 Å². The lowest BCUT2D eigenvalue weighted by Crippen LogP contribution is -2.41. The van der Waals surface area contributed by atoms with Crippen molar-refractivity contribution in [2.45, 2.75) is 12.5 Å². The summed E-state index contributed by atoms with van der Waals surface area (Å²) in [4.78, 5) is 26.6. The molecule has 1 fully saturated rings. The summed E-state index contributed by atoms with van der Waals surface area (Å²) >= 11 is 0. The number of rotatable bonds is 4. The van der Waals surface area contributed by atoms with Gasteiger partial charge in [0.15, 0.2) is 0 Å². The van der Waals surface area contributed by atoms with Crippen molar-refractivity contribution in [2.24, 2.45) is 0 Å². The van der Waals surface area contributed by atoms with Gasteiger partial charge < -0.3 is 15.0 Å². The minimum Gasteiger partial charge on any atom is -0.496 e. The number of nitrogens with one attached hydrogen (secondary N) is 1. The third kappa shape index (κ3) is 3.04. The fraction of sp³-hybridized carbons (Fsp3) is 0.222. The quantitative estimate of drug-likeness (QED) is 0.942. The number of carbonyl (C=O) groups is 2. The van der Waals surface area contributed by atoms with E-state index >= 15 is 0 Å². The third-order valence-electron chi connectivity index (χ3n) is 3.93. The second kappa shape index (κ2) is 6.52. The van der Waals surface area contributed by atoms with Gasteiger partial charge >= 0.3 is 0 Å². The first-order chi connectivity index (χ1) is 11.2. The summed E-state index contributed by atoms with van der Waals surface area (Å²) in [6.45, 7) is 0.597. The highest BCUT2D eigenvalue weighted by molar-refractivity contribution is 6.04. The largest absolute Gasteiger partial charge is 0.496 e. The summed E-state index contributed by atoms with van der Waals surface area (Å²) in [5.41, 5.74) is 1.28. The average molecular weight is 310 g/mol. The minimum atomic E-state index is -0.507. The Hall–Kier alpha value is -2.82. The molecule has 2 aromatic carbocycles. The zero-order chi connectivity index (χ0) is 16.2. The number of hydrogen-bond acceptors (Lipinski definition) is 3. The molecule has 2 aromatic rings. The predicted octanol–water partition coefficient (Wildman–Crippen LogP) is 2.23. The van der Waals surface area contributed by atoms with E-state index in [9.17, 15) is 9.59 Å². The molecule has 0 saturated carbocycles. The highest BCUT2D eigenvalue weighted by atomic mass is 16.5. The first-order valence-corrected chi connectivity index (χ1v) is 7.51. The topological polar surface area (TPSA) is 58.6 Å². The number of nitrogens with zero attached hydrogens (tertiary/aromatic N) is 1. The highest BCUT2D eigenvalue weighted by Crippen LogP contribution is 2.22. The summed E-state index contributed by atoms with van der Waals surface area (Å²) in [5.74, 6) is 0.116. The number of amides is 2. The highest BCUT2D eigenvalue weighted by Gasteiger charge is 2.34. The Morgan fingerprint density at radius 2 is 1.83 bits per heavy atom. The summed E-state index contributed by atoms with van der Waals surface area (Å²) < 4.78 is 5.19. The lowest BCUT2D eigenvalue weighted by Gasteiger charge is -2.17. The smallest absolute Gasteiger partial charge is 0.255 e. The molecule has 1 N–H and O–H groups in total. The van der Waals surface area contributed by atoms with Gasteiger partial charge in [-0.25, -0.2) is 0 Å². The molecule has 0 bridgehead atoms. The van der Waals surface area contributed by atoms with Crippen molar-refractivity contribution in [3.63, 3.8) is 0 Å². The molecule has 5 nitrogen and oxygen atoms in total. The molecule has 0 aromatic heterocycles. The molecule has 0 unspecified atom stereocenters. The molecule has 118 valence electrons. The standard InChI is InChI=1S/C18H18N2O3/c1-23-16-10-6-5-9-14(16)17(21)19-15-11-12-20(18(15)22)13-7-3-2-4-8-13/h2-10,15H,11-12H2,1H3,(H,19,21)/t15-/m1/s1. The first kappa shape index (κ1) is 15.1. The van der Waals surface area contributed by atoms with E-state index in [0.717, 1.165) is 5.69 Å². The molecule has 3 rings (SSSR count). The first-order valence-electron chi connectivity index (χ1n) is 7.51. The lowest BCUT2D eigenvalue weighted by atomic mass is 10.1. The second-order valence-electron chi connectivity index (χ2n) is 5.34. The summed E-state index contributed by atoms with van der Waals surface area (Å²) in [7, 11) is 1.52. The monoisotopic (exact) mass is 310 g/mol. The van der Waals surface area contributed by atoms with Gasteiger partial charge in [-0.1, -0.05) is 30.3 Å². The Labute approximate surface area is 134 Å². The number of benzene rings is 2. The van der Waals surface area contributed by atoms with E-state index in [-0.39, 0.29) is 11.8 Å². The van der Waals surface area contributed by atoms with Crippen molar-refractivity contribution in [3.8, 4) is 5.75 Å². The summed E-state index contributed by atoms with van der Waals surface area (Å²) in [6.07, 6.45) is 0.592. The molecule has 1 heterocycles. The molecular formula is C18H18N2O3. The minimum absolute atomic E-state index is 0.0838. The Morgan fingerprint density at radius 3 is 2.57 bits per heavy atom. The predicted molar refractivity (Wildman–Crippen MR) is 87.7 cm³/mol. The maximum Gasteiger partial charge on any atom is 0.255 e. The van der Waals surface area contributed by atoms with E-state index in [4.69, 9.17) is 4.74 Å². The van der Waals surface area contributed by atoms with Crippen LogP contribution in [-0.2, 0) is 4.79 Å². The van der Waals surface area contributed by atoms with Crippen molar-refractivity contribution in [1.82, 2.24) is 5.32 Å². The second-order valence-corrected chi connectivity index (χ2v) is 5.34. The molecule has 0 radical (unpaired) electrons. The van der Waals surface area contributed by atoms with E-state index < -0.39 is 6.04 Å². The van der Waals surface area contributed by atoms with Crippen molar-refractivity contribution < 1.29 is 14.3 Å². The molecule has 5 heteroatoms. The molecule has 1 saturated heterocycles. The number of anilines is 1. The van der Waals surface area contributed by atoms with E-state index in [1.807, 2.05) is 30.3 Å². The van der Waals surface area contributed by atoms with E-state index in [0.29, 0.717) is 24.3 Å². The Bertz CT molecular complexity index is 715. The molecule has 2 amide bonds. The maximum absolute atomic E-state index is 12.5. The SMILES string of the molecule is COc1ccccc1C(=O)N[C@@H]1CCN(c2ccccc2)C1=O. The number of methoxy groups -OCH3 is 1. The van der Waals surface area contributed by atoms with Gasteiger partial charge in [0.05, 0.1) is 12.7 Å². The Balaban J connectivity index is 1.72. The normalized spacial score (nSPS) is 17.2. The van der Waals surface area contributed by atoms with Crippen LogP contribution in [0.2, 0.25) is 0 Å². The summed E-state index contributed by atoms with van der Waals surface area (Å²) in [6, 6.07) is 15.9. The van der Waals surface area contributed by atoms with Crippen LogP contribution < -0.4 is 15.0 Å². The summed E-state index contributed by atoms with van der Waals surface area (Å²) in [5, 5.41) is 2.81. The lowest BCUT2D eigenvalue weighted by molar-refractivity contribution is -0.118. The zero-order valence-electron chi connectivity index (χ0n) is 12.9. The Morgan fingerprint density at radius 1 is 1.13 bits per heavy atom. The molecular weight excluding hydrogens is 292 g/mol. The van der Waals surface area contributed by atoms with Crippen molar-refractivity contribution in [2.75, 3.05) is 18.6 Å². The van der Waals surface area contributed by atoms with Gasteiger partial charge in [0, 0.05) is 12.2 Å². The van der Waals surface area contributed by atoms with Crippen molar-refractivity contribution in [3.05, 3.63) is 60.2 Å². The maximum atomic E-state index is 12.5. The van der Waals surface area contributed by atoms with Crippen LogP contribution in [0.15, 0.2) is 54.6 Å². The Kier molecular flexibility index (Phi) is 4.28. The van der Waals surface area contributed by atoms with Gasteiger partial charge in [0.25, 0.3) is 5.91 Å². The third-order valence-corrected chi connectivity index (χ3v) is 3.93.